The number of fused-ring (bicyclic) bond motifs is 1. The van der Waals surface area contributed by atoms with Crippen LogP contribution < -0.4 is 4.80 Å². The predicted octanol–water partition coefficient (Wildman–Crippen LogP) is 4.39. The Morgan fingerprint density at radius 3 is 2.70 bits per heavy atom. The highest BCUT2D eigenvalue weighted by Gasteiger charge is 2.10. The van der Waals surface area contributed by atoms with E-state index in [9.17, 15) is 14.9 Å². The van der Waals surface area contributed by atoms with Gasteiger partial charge in [-0.05, 0) is 43.5 Å². The molecule has 6 nitrogen and oxygen atoms in total. The van der Waals surface area contributed by atoms with Crippen LogP contribution in [-0.2, 0) is 11.3 Å². The van der Waals surface area contributed by atoms with E-state index >= 15 is 0 Å². The molecule has 0 saturated heterocycles. The SMILES string of the molecule is CCn1c(=NC(=O)/C=C/c2cccc([N+](=O)[O-])c2)sc2c(C)ccc(C)c21. The average molecular weight is 381 g/mol. The minimum Gasteiger partial charge on any atom is -0.316 e. The Bertz CT molecular complexity index is 1140. The third-order valence-electron chi connectivity index (χ3n) is 4.25. The summed E-state index contributed by atoms with van der Waals surface area (Å²) in [5, 5.41) is 10.8. The molecule has 0 spiro atoms. The molecule has 3 aromatic rings. The molecular formula is C20H19N3O3S. The first-order chi connectivity index (χ1) is 12.9. The zero-order chi connectivity index (χ0) is 19.6. The molecule has 0 fully saturated rings. The zero-order valence-electron chi connectivity index (χ0n) is 15.3. The van der Waals surface area contributed by atoms with Crippen molar-refractivity contribution in [1.29, 1.82) is 0 Å². The largest absolute Gasteiger partial charge is 0.316 e. The maximum absolute atomic E-state index is 12.3. The zero-order valence-corrected chi connectivity index (χ0v) is 16.1. The van der Waals surface area contributed by atoms with E-state index in [1.54, 1.807) is 18.2 Å². The fourth-order valence-electron chi connectivity index (χ4n) is 2.89. The smallest absolute Gasteiger partial charge is 0.272 e. The Hall–Kier alpha value is -3.06. The molecule has 0 atom stereocenters. The Morgan fingerprint density at radius 1 is 1.26 bits per heavy atom. The predicted molar refractivity (Wildman–Crippen MR) is 108 cm³/mol. The number of rotatable bonds is 4. The lowest BCUT2D eigenvalue weighted by molar-refractivity contribution is -0.384. The number of nitro groups is 1. The van der Waals surface area contributed by atoms with E-state index in [-0.39, 0.29) is 5.69 Å². The number of non-ortho nitro benzene ring substituents is 1. The lowest BCUT2D eigenvalue weighted by atomic mass is 10.1. The minimum atomic E-state index is -0.463. The summed E-state index contributed by atoms with van der Waals surface area (Å²) < 4.78 is 3.17. The van der Waals surface area contributed by atoms with Crippen LogP contribution >= 0.6 is 11.3 Å². The van der Waals surface area contributed by atoms with Gasteiger partial charge in [0.05, 0.1) is 15.1 Å². The van der Waals surface area contributed by atoms with Crippen LogP contribution in [0.2, 0.25) is 0 Å². The highest BCUT2D eigenvalue weighted by Crippen LogP contribution is 2.24. The van der Waals surface area contributed by atoms with Gasteiger partial charge in [-0.25, -0.2) is 0 Å². The van der Waals surface area contributed by atoms with E-state index in [1.165, 1.54) is 29.5 Å². The molecule has 0 aliphatic carbocycles. The Labute approximate surface area is 160 Å². The second-order valence-corrected chi connectivity index (χ2v) is 7.12. The summed E-state index contributed by atoms with van der Waals surface area (Å²) in [6.07, 6.45) is 2.88. The molecule has 0 saturated carbocycles. The van der Waals surface area contributed by atoms with Crippen molar-refractivity contribution in [2.75, 3.05) is 0 Å². The molecule has 7 heteroatoms. The number of amides is 1. The van der Waals surface area contributed by atoms with E-state index in [0.29, 0.717) is 16.9 Å². The van der Waals surface area contributed by atoms with Crippen LogP contribution in [0.25, 0.3) is 16.3 Å². The fourth-order valence-corrected chi connectivity index (χ4v) is 4.14. The number of aromatic nitrogens is 1. The van der Waals surface area contributed by atoms with Gasteiger partial charge in [-0.3, -0.25) is 14.9 Å². The normalized spacial score (nSPS) is 12.2. The van der Waals surface area contributed by atoms with Gasteiger partial charge in [0.25, 0.3) is 11.6 Å². The summed E-state index contributed by atoms with van der Waals surface area (Å²) in [5.41, 5.74) is 3.98. The average Bonchev–Trinajstić information content (AvgIpc) is 3.02. The summed E-state index contributed by atoms with van der Waals surface area (Å²) in [6.45, 7) is 6.84. The van der Waals surface area contributed by atoms with Crippen molar-refractivity contribution >= 4 is 39.2 Å². The minimum absolute atomic E-state index is 0.0131. The van der Waals surface area contributed by atoms with Gasteiger partial charge in [0.1, 0.15) is 0 Å². The summed E-state index contributed by atoms with van der Waals surface area (Å²) in [4.78, 5) is 27.6. The summed E-state index contributed by atoms with van der Waals surface area (Å²) in [6, 6.07) is 10.3. The second-order valence-electron chi connectivity index (χ2n) is 6.14. The molecule has 138 valence electrons. The van der Waals surface area contributed by atoms with E-state index in [2.05, 4.69) is 24.0 Å². The van der Waals surface area contributed by atoms with Crippen molar-refractivity contribution in [3.63, 3.8) is 0 Å². The fraction of sp³-hybridized carbons (Fsp3) is 0.200. The first kappa shape index (κ1) is 18.7. The van der Waals surface area contributed by atoms with Gasteiger partial charge in [0.2, 0.25) is 0 Å². The molecular weight excluding hydrogens is 362 g/mol. The molecule has 1 amide bonds. The molecule has 0 N–H and O–H groups in total. The monoisotopic (exact) mass is 381 g/mol. The highest BCUT2D eigenvalue weighted by atomic mass is 32.1. The van der Waals surface area contributed by atoms with Crippen molar-refractivity contribution in [2.45, 2.75) is 27.3 Å². The Morgan fingerprint density at radius 2 is 2.00 bits per heavy atom. The molecule has 3 rings (SSSR count). The van der Waals surface area contributed by atoms with Gasteiger partial charge in [-0.1, -0.05) is 35.6 Å². The number of aryl methyl sites for hydroxylation is 3. The van der Waals surface area contributed by atoms with Crippen LogP contribution in [0.4, 0.5) is 5.69 Å². The number of carbonyl (C=O) groups is 1. The van der Waals surface area contributed by atoms with Gasteiger partial charge in [0, 0.05) is 24.8 Å². The maximum Gasteiger partial charge on any atom is 0.272 e. The molecule has 0 aliphatic heterocycles. The third-order valence-corrected chi connectivity index (χ3v) is 5.46. The summed E-state index contributed by atoms with van der Waals surface area (Å²) in [7, 11) is 0. The summed E-state index contributed by atoms with van der Waals surface area (Å²) >= 11 is 1.50. The number of benzene rings is 2. The van der Waals surface area contributed by atoms with Crippen molar-refractivity contribution in [3.8, 4) is 0 Å². The first-order valence-electron chi connectivity index (χ1n) is 8.51. The number of carbonyl (C=O) groups excluding carboxylic acids is 1. The van der Waals surface area contributed by atoms with Crippen molar-refractivity contribution in [2.24, 2.45) is 4.99 Å². The molecule has 0 bridgehead atoms. The second kappa shape index (κ2) is 7.67. The van der Waals surface area contributed by atoms with E-state index < -0.39 is 10.8 Å². The number of hydrogen-bond donors (Lipinski definition) is 0. The third kappa shape index (κ3) is 3.88. The van der Waals surface area contributed by atoms with Crippen LogP contribution in [-0.4, -0.2) is 15.4 Å². The van der Waals surface area contributed by atoms with Gasteiger partial charge in [-0.2, -0.15) is 4.99 Å². The summed E-state index contributed by atoms with van der Waals surface area (Å²) in [5.74, 6) is -0.398. The van der Waals surface area contributed by atoms with Gasteiger partial charge in [0.15, 0.2) is 4.80 Å². The lowest BCUT2D eigenvalue weighted by Crippen LogP contribution is -2.15. The van der Waals surface area contributed by atoms with Gasteiger partial charge in [-0.15, -0.1) is 0 Å². The van der Waals surface area contributed by atoms with Crippen LogP contribution in [0.1, 0.15) is 23.6 Å². The lowest BCUT2D eigenvalue weighted by Gasteiger charge is -2.04. The molecule has 0 unspecified atom stereocenters. The van der Waals surface area contributed by atoms with Crippen molar-refractivity contribution in [1.82, 2.24) is 4.57 Å². The number of hydrogen-bond acceptors (Lipinski definition) is 4. The highest BCUT2D eigenvalue weighted by molar-refractivity contribution is 7.16. The van der Waals surface area contributed by atoms with Crippen LogP contribution in [0.15, 0.2) is 47.5 Å². The molecule has 1 heterocycles. The molecule has 27 heavy (non-hydrogen) atoms. The Kier molecular flexibility index (Phi) is 5.32. The van der Waals surface area contributed by atoms with Crippen molar-refractivity contribution < 1.29 is 9.72 Å². The number of nitrogens with zero attached hydrogens (tertiary/aromatic N) is 3. The quantitative estimate of drug-likeness (QED) is 0.382. The van der Waals surface area contributed by atoms with E-state index in [1.807, 2.05) is 18.4 Å². The van der Waals surface area contributed by atoms with Gasteiger partial charge >= 0.3 is 0 Å². The number of thiazole rings is 1. The first-order valence-corrected chi connectivity index (χ1v) is 9.33. The Balaban J connectivity index is 1.98. The van der Waals surface area contributed by atoms with Crippen LogP contribution in [0.5, 0.6) is 0 Å². The molecule has 0 aliphatic rings. The topological polar surface area (TPSA) is 77.5 Å². The molecule has 0 radical (unpaired) electrons. The maximum atomic E-state index is 12.3. The van der Waals surface area contributed by atoms with Crippen LogP contribution in [0.3, 0.4) is 0 Å². The van der Waals surface area contributed by atoms with Crippen molar-refractivity contribution in [3.05, 3.63) is 74.1 Å². The van der Waals surface area contributed by atoms with Crippen LogP contribution in [0, 0.1) is 24.0 Å². The standard InChI is InChI=1S/C20H19N3O3S/c1-4-22-18-13(2)8-9-14(3)19(18)27-20(22)21-17(24)11-10-15-6-5-7-16(12-15)23(25)26/h5-12H,4H2,1-3H3/b11-10+,21-20?. The molecule has 2 aromatic carbocycles. The number of nitro benzene ring substituents is 1. The molecule has 1 aromatic heterocycles. The van der Waals surface area contributed by atoms with E-state index in [4.69, 9.17) is 0 Å². The van der Waals surface area contributed by atoms with E-state index in [0.717, 1.165) is 21.3 Å². The van der Waals surface area contributed by atoms with Gasteiger partial charge < -0.3 is 4.57 Å².